The van der Waals surface area contributed by atoms with E-state index in [-0.39, 0.29) is 0 Å². The summed E-state index contributed by atoms with van der Waals surface area (Å²) in [5.41, 5.74) is 5.54. The number of hydrogen-bond donors (Lipinski definition) is 1. The van der Waals surface area contributed by atoms with Crippen LogP contribution in [-0.2, 0) is 4.79 Å². The fourth-order valence-corrected chi connectivity index (χ4v) is 2.69. The third-order valence-electron chi connectivity index (χ3n) is 3.83. The number of nitrogens with zero attached hydrogens (tertiary/aromatic N) is 1. The third kappa shape index (κ3) is 2.71. The van der Waals surface area contributed by atoms with Gasteiger partial charge in [-0.15, -0.1) is 0 Å². The highest BCUT2D eigenvalue weighted by Crippen LogP contribution is 2.28. The molecule has 0 atom stereocenters. The molecule has 0 aromatic carbocycles. The molecule has 2 fully saturated rings. The molecule has 0 radical (unpaired) electrons. The van der Waals surface area contributed by atoms with Gasteiger partial charge < -0.3 is 10.6 Å². The standard InChI is InChI=1S/C12H22N2O/c13-7-11-8-14(9-11)12(15)6-10-4-2-1-3-5-10/h10-11H,1-9,13H2. The van der Waals surface area contributed by atoms with Crippen LogP contribution in [0.2, 0.25) is 0 Å². The van der Waals surface area contributed by atoms with Crippen LogP contribution in [0.25, 0.3) is 0 Å². The summed E-state index contributed by atoms with van der Waals surface area (Å²) in [6, 6.07) is 0. The summed E-state index contributed by atoms with van der Waals surface area (Å²) in [4.78, 5) is 13.8. The molecule has 0 aromatic rings. The van der Waals surface area contributed by atoms with Crippen LogP contribution in [0.3, 0.4) is 0 Å². The summed E-state index contributed by atoms with van der Waals surface area (Å²) in [5, 5.41) is 0. The molecule has 0 bridgehead atoms. The molecule has 1 saturated heterocycles. The Kier molecular flexibility index (Phi) is 3.62. The summed E-state index contributed by atoms with van der Waals surface area (Å²) >= 11 is 0. The van der Waals surface area contributed by atoms with Gasteiger partial charge in [0.2, 0.25) is 5.91 Å². The first kappa shape index (κ1) is 10.9. The summed E-state index contributed by atoms with van der Waals surface area (Å²) in [7, 11) is 0. The Morgan fingerprint density at radius 3 is 2.40 bits per heavy atom. The smallest absolute Gasteiger partial charge is 0.222 e. The maximum absolute atomic E-state index is 11.8. The monoisotopic (exact) mass is 210 g/mol. The average molecular weight is 210 g/mol. The zero-order chi connectivity index (χ0) is 10.7. The van der Waals surface area contributed by atoms with E-state index >= 15 is 0 Å². The molecule has 2 rings (SSSR count). The van der Waals surface area contributed by atoms with Crippen LogP contribution < -0.4 is 5.73 Å². The second-order valence-electron chi connectivity index (χ2n) is 5.11. The lowest BCUT2D eigenvalue weighted by atomic mass is 9.86. The minimum Gasteiger partial charge on any atom is -0.342 e. The van der Waals surface area contributed by atoms with Crippen molar-refractivity contribution in [2.75, 3.05) is 19.6 Å². The largest absolute Gasteiger partial charge is 0.342 e. The summed E-state index contributed by atoms with van der Waals surface area (Å²) in [5.74, 6) is 1.61. The molecule has 2 aliphatic rings. The van der Waals surface area contributed by atoms with Crippen molar-refractivity contribution in [2.45, 2.75) is 38.5 Å². The molecular weight excluding hydrogens is 188 g/mol. The molecule has 0 unspecified atom stereocenters. The van der Waals surface area contributed by atoms with Crippen LogP contribution in [0.1, 0.15) is 38.5 Å². The highest BCUT2D eigenvalue weighted by atomic mass is 16.2. The zero-order valence-electron chi connectivity index (χ0n) is 9.45. The molecule has 1 heterocycles. The van der Waals surface area contributed by atoms with Crippen LogP contribution in [0, 0.1) is 11.8 Å². The topological polar surface area (TPSA) is 46.3 Å². The average Bonchev–Trinajstić information content (AvgIpc) is 2.17. The van der Waals surface area contributed by atoms with E-state index in [1.54, 1.807) is 0 Å². The number of carbonyl (C=O) groups excluding carboxylic acids is 1. The maximum Gasteiger partial charge on any atom is 0.222 e. The van der Waals surface area contributed by atoms with Gasteiger partial charge in [-0.1, -0.05) is 19.3 Å². The Morgan fingerprint density at radius 1 is 1.13 bits per heavy atom. The first-order valence-corrected chi connectivity index (χ1v) is 6.27. The van der Waals surface area contributed by atoms with Crippen LogP contribution in [0.15, 0.2) is 0 Å². The van der Waals surface area contributed by atoms with Crippen molar-refractivity contribution in [1.29, 1.82) is 0 Å². The molecule has 1 aliphatic heterocycles. The van der Waals surface area contributed by atoms with Crippen molar-refractivity contribution in [3.8, 4) is 0 Å². The first-order chi connectivity index (χ1) is 7.29. The second-order valence-corrected chi connectivity index (χ2v) is 5.11. The third-order valence-corrected chi connectivity index (χ3v) is 3.83. The summed E-state index contributed by atoms with van der Waals surface area (Å²) in [6.45, 7) is 2.54. The Balaban J connectivity index is 1.68. The Labute approximate surface area is 92.0 Å². The summed E-state index contributed by atoms with van der Waals surface area (Å²) in [6.07, 6.45) is 7.33. The number of nitrogens with two attached hydrogens (primary N) is 1. The van der Waals surface area contributed by atoms with E-state index in [1.165, 1.54) is 32.1 Å². The van der Waals surface area contributed by atoms with Crippen LogP contribution in [0.5, 0.6) is 0 Å². The van der Waals surface area contributed by atoms with Crippen molar-refractivity contribution in [2.24, 2.45) is 17.6 Å². The van der Waals surface area contributed by atoms with Gasteiger partial charge in [0.1, 0.15) is 0 Å². The van der Waals surface area contributed by atoms with Crippen molar-refractivity contribution in [1.82, 2.24) is 4.90 Å². The molecule has 1 aliphatic carbocycles. The molecule has 1 saturated carbocycles. The normalized spacial score (nSPS) is 23.9. The number of likely N-dealkylation sites (tertiary alicyclic amines) is 1. The van der Waals surface area contributed by atoms with E-state index < -0.39 is 0 Å². The highest BCUT2D eigenvalue weighted by molar-refractivity contribution is 5.77. The number of carbonyl (C=O) groups is 1. The van der Waals surface area contributed by atoms with Crippen molar-refractivity contribution in [3.05, 3.63) is 0 Å². The zero-order valence-corrected chi connectivity index (χ0v) is 9.45. The molecule has 1 amide bonds. The minimum absolute atomic E-state index is 0.367. The van der Waals surface area contributed by atoms with E-state index in [0.717, 1.165) is 26.1 Å². The molecule has 15 heavy (non-hydrogen) atoms. The fraction of sp³-hybridized carbons (Fsp3) is 0.917. The predicted octanol–water partition coefficient (Wildman–Crippen LogP) is 1.37. The minimum atomic E-state index is 0.367. The van der Waals surface area contributed by atoms with E-state index in [9.17, 15) is 4.79 Å². The van der Waals surface area contributed by atoms with Gasteiger partial charge in [-0.25, -0.2) is 0 Å². The SMILES string of the molecule is NCC1CN(C(=O)CC2CCCCC2)C1. The lowest BCUT2D eigenvalue weighted by molar-refractivity contribution is -0.138. The van der Waals surface area contributed by atoms with E-state index in [4.69, 9.17) is 5.73 Å². The molecule has 0 aromatic heterocycles. The summed E-state index contributed by atoms with van der Waals surface area (Å²) < 4.78 is 0. The van der Waals surface area contributed by atoms with E-state index in [1.807, 2.05) is 4.90 Å². The van der Waals surface area contributed by atoms with Crippen molar-refractivity contribution >= 4 is 5.91 Å². The van der Waals surface area contributed by atoms with Gasteiger partial charge in [-0.05, 0) is 25.3 Å². The van der Waals surface area contributed by atoms with Gasteiger partial charge in [-0.2, -0.15) is 0 Å². The first-order valence-electron chi connectivity index (χ1n) is 6.27. The van der Waals surface area contributed by atoms with Gasteiger partial charge in [0.15, 0.2) is 0 Å². The van der Waals surface area contributed by atoms with Gasteiger partial charge in [0, 0.05) is 25.4 Å². The van der Waals surface area contributed by atoms with Crippen LogP contribution >= 0.6 is 0 Å². The lowest BCUT2D eigenvalue weighted by Crippen LogP contribution is -2.52. The van der Waals surface area contributed by atoms with E-state index in [0.29, 0.717) is 17.7 Å². The lowest BCUT2D eigenvalue weighted by Gasteiger charge is -2.39. The molecule has 86 valence electrons. The predicted molar refractivity (Wildman–Crippen MR) is 60.3 cm³/mol. The van der Waals surface area contributed by atoms with E-state index in [2.05, 4.69) is 0 Å². The van der Waals surface area contributed by atoms with Gasteiger partial charge in [0.05, 0.1) is 0 Å². The number of amides is 1. The molecule has 0 spiro atoms. The quantitative estimate of drug-likeness (QED) is 0.765. The van der Waals surface area contributed by atoms with Crippen molar-refractivity contribution < 1.29 is 4.79 Å². The second kappa shape index (κ2) is 4.97. The fourth-order valence-electron chi connectivity index (χ4n) is 2.69. The molecule has 3 heteroatoms. The highest BCUT2D eigenvalue weighted by Gasteiger charge is 2.30. The molecule has 2 N–H and O–H groups in total. The Morgan fingerprint density at radius 2 is 1.80 bits per heavy atom. The maximum atomic E-state index is 11.8. The van der Waals surface area contributed by atoms with Gasteiger partial charge in [-0.3, -0.25) is 4.79 Å². The molecular formula is C12H22N2O. The number of hydrogen-bond acceptors (Lipinski definition) is 2. The number of rotatable bonds is 3. The Bertz CT molecular complexity index is 218. The Hall–Kier alpha value is -0.570. The van der Waals surface area contributed by atoms with Gasteiger partial charge in [0.25, 0.3) is 0 Å². The molecule has 3 nitrogen and oxygen atoms in total. The van der Waals surface area contributed by atoms with Crippen molar-refractivity contribution in [3.63, 3.8) is 0 Å². The van der Waals surface area contributed by atoms with Crippen LogP contribution in [-0.4, -0.2) is 30.4 Å². The van der Waals surface area contributed by atoms with Crippen LogP contribution in [0.4, 0.5) is 0 Å². The van der Waals surface area contributed by atoms with Gasteiger partial charge >= 0.3 is 0 Å².